The van der Waals surface area contributed by atoms with Crippen molar-refractivity contribution in [2.75, 3.05) is 38.0 Å². The van der Waals surface area contributed by atoms with Gasteiger partial charge in [0, 0.05) is 68.5 Å². The molecule has 16 nitrogen and oxygen atoms in total. The molecule has 16 heteroatoms. The van der Waals surface area contributed by atoms with Crippen LogP contribution in [-0.4, -0.2) is 99.9 Å². The number of nitriles is 1. The summed E-state index contributed by atoms with van der Waals surface area (Å²) in [5.74, 6) is -1.10. The molecule has 316 valence electrons. The molecule has 1 unspecified atom stereocenters. The molecular weight excluding hydrogens is 775 g/mol. The van der Waals surface area contributed by atoms with Gasteiger partial charge in [0.15, 0.2) is 0 Å². The van der Waals surface area contributed by atoms with Gasteiger partial charge in [0.05, 0.1) is 45.5 Å². The van der Waals surface area contributed by atoms with Crippen molar-refractivity contribution in [2.45, 2.75) is 88.9 Å². The van der Waals surface area contributed by atoms with Crippen LogP contribution in [0.25, 0.3) is 27.5 Å². The lowest BCUT2D eigenvalue weighted by Crippen LogP contribution is -2.51. The monoisotopic (exact) mass is 825 g/mol. The third-order valence-corrected chi connectivity index (χ3v) is 13.0. The van der Waals surface area contributed by atoms with Crippen LogP contribution in [0.5, 0.6) is 0 Å². The van der Waals surface area contributed by atoms with Crippen molar-refractivity contribution in [3.05, 3.63) is 93.8 Å². The summed E-state index contributed by atoms with van der Waals surface area (Å²) in [7, 11) is 1.76. The predicted octanol–water partition coefficient (Wildman–Crippen LogP) is 4.40. The number of nitrogens with one attached hydrogen (secondary N) is 2. The van der Waals surface area contributed by atoms with E-state index >= 15 is 0 Å². The number of nitrogens with zero attached hydrogens (tertiary/aromatic N) is 9. The molecule has 1 saturated carbocycles. The van der Waals surface area contributed by atoms with E-state index in [9.17, 15) is 29.5 Å². The van der Waals surface area contributed by atoms with Crippen molar-refractivity contribution in [1.29, 1.82) is 5.26 Å². The second-order valence-corrected chi connectivity index (χ2v) is 17.4. The lowest BCUT2D eigenvalue weighted by molar-refractivity contribution is -0.135. The Bertz CT molecular complexity index is 2780. The number of piperazine rings is 1. The SMILES string of the molecule is Cn1c(=O)n(C2CCC(=O)NC2=O)c2cccc(CCCN3CCN([C@H]4CC[C@H](n5cc6cc(NC(=O)c7ccc8cc(C#N)cnn78)c(C(C)(C)O)cc6n5)CC4)CC3)c21. The minimum absolute atomic E-state index is 0.218. The molecule has 0 radical (unpaired) electrons. The summed E-state index contributed by atoms with van der Waals surface area (Å²) >= 11 is 0. The summed E-state index contributed by atoms with van der Waals surface area (Å²) in [6.45, 7) is 8.45. The number of carbonyl (C=O) groups is 3. The average molecular weight is 826 g/mol. The number of hydrogen-bond donors (Lipinski definition) is 3. The Labute approximate surface area is 352 Å². The number of amides is 3. The largest absolute Gasteiger partial charge is 0.386 e. The zero-order valence-electron chi connectivity index (χ0n) is 34.8. The maximum Gasteiger partial charge on any atom is 0.329 e. The highest BCUT2D eigenvalue weighted by atomic mass is 16.3. The van der Waals surface area contributed by atoms with Gasteiger partial charge in [0.2, 0.25) is 11.8 Å². The number of rotatable bonds is 10. The van der Waals surface area contributed by atoms with Crippen molar-refractivity contribution >= 4 is 50.9 Å². The topological polar surface area (TPSA) is 188 Å². The minimum Gasteiger partial charge on any atom is -0.386 e. The number of aryl methyl sites for hydroxylation is 2. The van der Waals surface area contributed by atoms with E-state index in [2.05, 4.69) is 48.5 Å². The van der Waals surface area contributed by atoms with Crippen molar-refractivity contribution in [3.8, 4) is 6.07 Å². The molecule has 61 heavy (non-hydrogen) atoms. The number of aliphatic hydroxyl groups is 1. The van der Waals surface area contributed by atoms with Gasteiger partial charge in [-0.25, -0.2) is 9.31 Å². The van der Waals surface area contributed by atoms with Crippen molar-refractivity contribution in [3.63, 3.8) is 0 Å². The molecule has 2 saturated heterocycles. The fourth-order valence-electron chi connectivity index (χ4n) is 9.79. The van der Waals surface area contributed by atoms with Crippen LogP contribution < -0.4 is 16.3 Å². The molecule has 3 N–H and O–H groups in total. The highest BCUT2D eigenvalue weighted by Gasteiger charge is 2.33. The summed E-state index contributed by atoms with van der Waals surface area (Å²) in [5.41, 5.74) is 4.38. The normalized spacial score (nSPS) is 20.7. The number of carbonyl (C=O) groups excluding carboxylic acids is 3. The molecule has 4 aromatic heterocycles. The Morgan fingerprint density at radius 1 is 1.00 bits per heavy atom. The molecule has 3 amide bonds. The molecule has 2 aromatic carbocycles. The summed E-state index contributed by atoms with van der Waals surface area (Å²) in [6.07, 6.45) is 10.0. The van der Waals surface area contributed by atoms with E-state index in [4.69, 9.17) is 5.10 Å². The van der Waals surface area contributed by atoms with Gasteiger partial charge in [-0.15, -0.1) is 0 Å². The van der Waals surface area contributed by atoms with Crippen LogP contribution >= 0.6 is 0 Å². The number of aromatic nitrogens is 6. The van der Waals surface area contributed by atoms with Gasteiger partial charge >= 0.3 is 5.69 Å². The van der Waals surface area contributed by atoms with Crippen LogP contribution in [0.4, 0.5) is 5.69 Å². The van der Waals surface area contributed by atoms with Crippen LogP contribution in [0.3, 0.4) is 0 Å². The van der Waals surface area contributed by atoms with E-state index in [1.807, 2.05) is 24.3 Å². The fraction of sp³-hybridized carbons (Fsp3) is 0.444. The minimum atomic E-state index is -1.24. The first-order chi connectivity index (χ1) is 29.4. The zero-order chi connectivity index (χ0) is 42.6. The first kappa shape index (κ1) is 40.3. The summed E-state index contributed by atoms with van der Waals surface area (Å²) in [5, 5.41) is 35.9. The van der Waals surface area contributed by atoms with Gasteiger partial charge in [0.25, 0.3) is 5.91 Å². The van der Waals surface area contributed by atoms with Crippen LogP contribution in [0.2, 0.25) is 0 Å². The summed E-state index contributed by atoms with van der Waals surface area (Å²) < 4.78 is 6.76. The lowest BCUT2D eigenvalue weighted by atomic mass is 9.90. The number of piperidine rings is 1. The highest BCUT2D eigenvalue weighted by molar-refractivity contribution is 6.05. The van der Waals surface area contributed by atoms with Gasteiger partial charge in [0.1, 0.15) is 17.8 Å². The van der Waals surface area contributed by atoms with E-state index < -0.39 is 17.6 Å². The van der Waals surface area contributed by atoms with E-state index in [0.717, 1.165) is 98.7 Å². The second kappa shape index (κ2) is 16.0. The van der Waals surface area contributed by atoms with Gasteiger partial charge in [-0.2, -0.15) is 15.5 Å². The molecule has 3 aliphatic rings. The summed E-state index contributed by atoms with van der Waals surface area (Å²) in [6, 6.07) is 16.9. The molecular formula is C45H51N11O5. The first-order valence-corrected chi connectivity index (χ1v) is 21.3. The Morgan fingerprint density at radius 3 is 2.51 bits per heavy atom. The van der Waals surface area contributed by atoms with Crippen molar-refractivity contribution < 1.29 is 19.5 Å². The maximum atomic E-state index is 13.5. The number of benzene rings is 2. The van der Waals surface area contributed by atoms with Crippen LogP contribution in [0, 0.1) is 11.3 Å². The van der Waals surface area contributed by atoms with E-state index in [-0.39, 0.29) is 30.0 Å². The van der Waals surface area contributed by atoms with Crippen molar-refractivity contribution in [2.24, 2.45) is 7.05 Å². The molecule has 2 aliphatic heterocycles. The standard InChI is InChI=1S/C45H51N11O5/c1-45(2,61)34-24-35-30(23-36(34)48-43(59)39-14-13-33-22-28(25-46)26-47-56(33)39)27-54(50-35)32-11-9-31(10-12-32)53-20-18-52(19-21-53)17-5-7-29-6-4-8-37-41(29)51(3)44(60)55(37)38-15-16-40(57)49-42(38)58/h4,6,8,13-14,22-24,26-27,31-32,38,61H,5,7,9-12,15-21H2,1-3H3,(H,48,59)(H,49,57,58)/t31-,32-,38?. The fourth-order valence-corrected chi connectivity index (χ4v) is 9.79. The number of para-hydroxylation sites is 1. The van der Waals surface area contributed by atoms with Crippen LogP contribution in [0.1, 0.15) is 98.1 Å². The van der Waals surface area contributed by atoms with E-state index in [1.54, 1.807) is 48.2 Å². The third kappa shape index (κ3) is 7.73. The average Bonchev–Trinajstić information content (AvgIpc) is 3.94. The third-order valence-electron chi connectivity index (χ3n) is 13.0. The quantitative estimate of drug-likeness (QED) is 0.167. The molecule has 6 heterocycles. The highest BCUT2D eigenvalue weighted by Crippen LogP contribution is 2.36. The number of imidazole rings is 1. The zero-order valence-corrected chi connectivity index (χ0v) is 34.8. The van der Waals surface area contributed by atoms with Crippen LogP contribution in [0.15, 0.2) is 65.7 Å². The van der Waals surface area contributed by atoms with Gasteiger partial charge in [-0.3, -0.25) is 38.4 Å². The number of imide groups is 1. The lowest BCUT2D eigenvalue weighted by Gasteiger charge is -2.42. The Morgan fingerprint density at radius 2 is 1.77 bits per heavy atom. The molecule has 1 aliphatic carbocycles. The van der Waals surface area contributed by atoms with E-state index in [1.165, 1.54) is 10.7 Å². The molecule has 0 spiro atoms. The smallest absolute Gasteiger partial charge is 0.329 e. The van der Waals surface area contributed by atoms with Gasteiger partial charge < -0.3 is 15.3 Å². The Kier molecular flexibility index (Phi) is 10.6. The molecule has 1 atom stereocenters. The molecule has 0 bridgehead atoms. The molecule has 6 aromatic rings. The predicted molar refractivity (Wildman–Crippen MR) is 229 cm³/mol. The second-order valence-electron chi connectivity index (χ2n) is 17.4. The van der Waals surface area contributed by atoms with Gasteiger partial charge in [-0.1, -0.05) is 12.1 Å². The first-order valence-electron chi connectivity index (χ1n) is 21.3. The maximum absolute atomic E-state index is 13.5. The Balaban J connectivity index is 0.791. The van der Waals surface area contributed by atoms with E-state index in [0.29, 0.717) is 40.5 Å². The Hall–Kier alpha value is -6.15. The molecule has 9 rings (SSSR count). The number of fused-ring (bicyclic) bond motifs is 3. The van der Waals surface area contributed by atoms with Crippen molar-refractivity contribution in [1.82, 2.24) is 43.6 Å². The molecule has 3 fully saturated rings. The van der Waals surface area contributed by atoms with Gasteiger partial charge in [-0.05, 0) is 107 Å². The van der Waals surface area contributed by atoms with Crippen LogP contribution in [-0.2, 0) is 28.7 Å². The number of hydrogen-bond acceptors (Lipinski definition) is 10. The number of anilines is 1. The summed E-state index contributed by atoms with van der Waals surface area (Å²) in [4.78, 5) is 56.5.